The highest BCUT2D eigenvalue weighted by atomic mass is 16.5. The smallest absolute Gasteiger partial charge is 0.319 e. The topological polar surface area (TPSA) is 126 Å². The number of carbonyl (C=O) groups is 2. The molecule has 3 N–H and O–H groups in total. The third-order valence-electron chi connectivity index (χ3n) is 8.40. The molecule has 1 aromatic carbocycles. The molecule has 3 atom stereocenters. The number of hydrogen-bond donors (Lipinski definition) is 3. The Kier molecular flexibility index (Phi) is 9.91. The number of pyridine rings is 2. The molecule has 0 fully saturated rings. The molecule has 3 heterocycles. The van der Waals surface area contributed by atoms with Crippen molar-refractivity contribution in [1.29, 1.82) is 0 Å². The van der Waals surface area contributed by atoms with Crippen LogP contribution in [0.4, 0.5) is 10.5 Å². The molecule has 1 aliphatic carbocycles. The zero-order valence-corrected chi connectivity index (χ0v) is 27.9. The maximum atomic E-state index is 13.4. The van der Waals surface area contributed by atoms with Crippen LogP contribution in [0.2, 0.25) is 0 Å². The lowest BCUT2D eigenvalue weighted by molar-refractivity contribution is 0.0945. The van der Waals surface area contributed by atoms with Crippen LogP contribution in [-0.2, 0) is 5.41 Å². The predicted molar refractivity (Wildman–Crippen MR) is 179 cm³/mol. The van der Waals surface area contributed by atoms with Crippen LogP contribution in [0.25, 0.3) is 5.65 Å². The van der Waals surface area contributed by atoms with Crippen LogP contribution in [0.1, 0.15) is 105 Å². The first-order chi connectivity index (χ1) is 21.9. The molecule has 0 saturated carbocycles. The van der Waals surface area contributed by atoms with Gasteiger partial charge in [0.05, 0.1) is 12.2 Å². The van der Waals surface area contributed by atoms with E-state index in [1.54, 1.807) is 6.07 Å². The van der Waals surface area contributed by atoms with Crippen molar-refractivity contribution < 1.29 is 14.3 Å². The van der Waals surface area contributed by atoms with Gasteiger partial charge in [-0.05, 0) is 68.8 Å². The van der Waals surface area contributed by atoms with Gasteiger partial charge in [0.25, 0.3) is 5.91 Å². The molecule has 0 saturated heterocycles. The molecule has 11 heteroatoms. The monoisotopic (exact) mass is 626 g/mol. The van der Waals surface area contributed by atoms with Crippen molar-refractivity contribution in [3.8, 4) is 5.75 Å². The summed E-state index contributed by atoms with van der Waals surface area (Å²) in [7, 11) is 3.90. The van der Waals surface area contributed by atoms with Gasteiger partial charge in [0.2, 0.25) is 0 Å². The Morgan fingerprint density at radius 3 is 2.54 bits per heavy atom. The lowest BCUT2D eigenvalue weighted by Gasteiger charge is -2.32. The average molecular weight is 627 g/mol. The summed E-state index contributed by atoms with van der Waals surface area (Å²) in [5.41, 5.74) is 4.03. The van der Waals surface area contributed by atoms with Gasteiger partial charge in [-0.25, -0.2) is 9.78 Å². The Balaban J connectivity index is 1.30. The fourth-order valence-electron chi connectivity index (χ4n) is 5.58. The van der Waals surface area contributed by atoms with E-state index in [4.69, 9.17) is 4.74 Å². The Labute approximate surface area is 271 Å². The number of fused-ring (bicyclic) bond motifs is 2. The molecule has 3 aromatic heterocycles. The molecular weight excluding hydrogens is 580 g/mol. The van der Waals surface area contributed by atoms with Crippen molar-refractivity contribution in [2.45, 2.75) is 77.4 Å². The normalized spacial score (nSPS) is 17.0. The van der Waals surface area contributed by atoms with E-state index in [0.717, 1.165) is 41.2 Å². The average Bonchev–Trinajstić information content (AvgIpc) is 3.44. The Bertz CT molecular complexity index is 1690. The fraction of sp³-hybridized carbons (Fsp3) is 0.457. The summed E-state index contributed by atoms with van der Waals surface area (Å²) >= 11 is 0. The predicted octanol–water partition coefficient (Wildman–Crippen LogP) is 6.00. The maximum absolute atomic E-state index is 13.4. The number of nitrogens with zero attached hydrogens (tertiary/aromatic N) is 5. The summed E-state index contributed by atoms with van der Waals surface area (Å²) in [6.07, 6.45) is 4.19. The molecule has 5 rings (SSSR count). The number of likely N-dealkylation sites (N-methyl/N-ethyl adjacent to an activating group) is 1. The van der Waals surface area contributed by atoms with Crippen LogP contribution in [-0.4, -0.2) is 63.6 Å². The lowest BCUT2D eigenvalue weighted by atomic mass is 9.85. The first-order valence-corrected chi connectivity index (χ1v) is 16.1. The van der Waals surface area contributed by atoms with Crippen molar-refractivity contribution in [1.82, 2.24) is 35.1 Å². The van der Waals surface area contributed by atoms with Crippen molar-refractivity contribution in [2.24, 2.45) is 0 Å². The molecule has 4 aromatic rings. The van der Waals surface area contributed by atoms with Gasteiger partial charge in [-0.2, -0.15) is 0 Å². The van der Waals surface area contributed by atoms with Gasteiger partial charge in [0, 0.05) is 35.8 Å². The Hall–Kier alpha value is -4.51. The molecule has 0 aliphatic heterocycles. The van der Waals surface area contributed by atoms with Gasteiger partial charge < -0.3 is 25.6 Å². The van der Waals surface area contributed by atoms with E-state index in [1.807, 2.05) is 86.8 Å². The van der Waals surface area contributed by atoms with Crippen LogP contribution in [0, 0.1) is 0 Å². The van der Waals surface area contributed by atoms with E-state index in [-0.39, 0.29) is 41.1 Å². The van der Waals surface area contributed by atoms with Gasteiger partial charge >= 0.3 is 6.03 Å². The lowest BCUT2D eigenvalue weighted by Crippen LogP contribution is -2.36. The zero-order chi connectivity index (χ0) is 33.0. The van der Waals surface area contributed by atoms with Gasteiger partial charge in [-0.15, -0.1) is 10.2 Å². The summed E-state index contributed by atoms with van der Waals surface area (Å²) < 4.78 is 8.56. The number of rotatable bonds is 10. The highest BCUT2D eigenvalue weighted by molar-refractivity contribution is 5.95. The molecular formula is C35H46N8O3. The van der Waals surface area contributed by atoms with Crippen LogP contribution in [0.5, 0.6) is 5.75 Å². The van der Waals surface area contributed by atoms with Gasteiger partial charge in [-0.3, -0.25) is 9.20 Å². The number of carbonyl (C=O) groups excluding carboxylic acids is 2. The highest BCUT2D eigenvalue weighted by Gasteiger charge is 2.30. The van der Waals surface area contributed by atoms with E-state index in [1.165, 1.54) is 0 Å². The minimum Gasteiger partial charge on any atom is -0.484 e. The Morgan fingerprint density at radius 1 is 1.07 bits per heavy atom. The second-order valence-corrected chi connectivity index (χ2v) is 13.4. The molecule has 244 valence electrons. The van der Waals surface area contributed by atoms with Crippen molar-refractivity contribution in [3.05, 3.63) is 83.1 Å². The number of urea groups is 1. The molecule has 1 aliphatic rings. The molecule has 0 bridgehead atoms. The van der Waals surface area contributed by atoms with E-state index in [9.17, 15) is 9.59 Å². The van der Waals surface area contributed by atoms with Crippen molar-refractivity contribution >= 4 is 23.3 Å². The van der Waals surface area contributed by atoms with Gasteiger partial charge in [-0.1, -0.05) is 58.9 Å². The van der Waals surface area contributed by atoms with Crippen LogP contribution < -0.4 is 20.7 Å². The first kappa shape index (κ1) is 32.9. The number of nitrogens with one attached hydrogen (secondary N) is 3. The molecule has 46 heavy (non-hydrogen) atoms. The highest BCUT2D eigenvalue weighted by Crippen LogP contribution is 2.39. The third-order valence-corrected chi connectivity index (χ3v) is 8.40. The second-order valence-electron chi connectivity index (χ2n) is 13.4. The largest absolute Gasteiger partial charge is 0.484 e. The zero-order valence-electron chi connectivity index (χ0n) is 27.9. The number of benzene rings is 1. The van der Waals surface area contributed by atoms with E-state index in [2.05, 4.69) is 51.0 Å². The summed E-state index contributed by atoms with van der Waals surface area (Å²) in [6.45, 7) is 11.6. The maximum Gasteiger partial charge on any atom is 0.319 e. The van der Waals surface area contributed by atoms with Gasteiger partial charge in [0.1, 0.15) is 23.4 Å². The number of hydrogen-bond acceptors (Lipinski definition) is 7. The summed E-state index contributed by atoms with van der Waals surface area (Å²) in [5, 5.41) is 17.7. The summed E-state index contributed by atoms with van der Waals surface area (Å²) in [5.74, 6) is 1.67. The molecule has 0 radical (unpaired) electrons. The van der Waals surface area contributed by atoms with E-state index in [0.29, 0.717) is 30.9 Å². The standard InChI is InChI=1S/C35H46N8O3/c1-8-22(2)32-41-40-31-16-13-24(21-43(31)32)46-29-15-14-27(25-11-9-10-12-26(25)29)39-34(45)37-23-19-28(33(44)36-17-18-42(6)7)38-30(20-23)35(3,4)5/h9-13,16,19-22,27,29H,8,14-15,17-18H2,1-7H3,(H,36,44)(H2,37,38,39,45)/t22-,27-,29+/m0/s1. The van der Waals surface area contributed by atoms with E-state index < -0.39 is 0 Å². The number of ether oxygens (including phenoxy) is 1. The number of amides is 3. The van der Waals surface area contributed by atoms with Crippen LogP contribution in [0.15, 0.2) is 54.7 Å². The molecule has 0 spiro atoms. The molecule has 3 amide bonds. The van der Waals surface area contributed by atoms with E-state index >= 15 is 0 Å². The van der Waals surface area contributed by atoms with Crippen molar-refractivity contribution in [3.63, 3.8) is 0 Å². The number of anilines is 1. The SMILES string of the molecule is CC[C@H](C)c1nnc2ccc(O[C@@H]3CC[C@H](NC(=O)Nc4cc(C(=O)NCCN(C)C)nc(C(C)(C)C)c4)c4ccccc43)cn12. The fourth-order valence-corrected chi connectivity index (χ4v) is 5.58. The molecule has 11 nitrogen and oxygen atoms in total. The van der Waals surface area contributed by atoms with Crippen LogP contribution >= 0.6 is 0 Å². The summed E-state index contributed by atoms with van der Waals surface area (Å²) in [6, 6.07) is 14.8. The van der Waals surface area contributed by atoms with Crippen LogP contribution in [0.3, 0.4) is 0 Å². The van der Waals surface area contributed by atoms with Gasteiger partial charge in [0.15, 0.2) is 5.65 Å². The summed E-state index contributed by atoms with van der Waals surface area (Å²) in [4.78, 5) is 32.9. The first-order valence-electron chi connectivity index (χ1n) is 16.1. The second kappa shape index (κ2) is 13.9. The van der Waals surface area contributed by atoms with Crippen molar-refractivity contribution in [2.75, 3.05) is 32.5 Å². The number of aromatic nitrogens is 4. The molecule has 0 unspecified atom stereocenters. The Morgan fingerprint density at radius 2 is 1.83 bits per heavy atom. The minimum atomic E-state index is -0.347. The quantitative estimate of drug-likeness (QED) is 0.197. The minimum absolute atomic E-state index is 0.165. The third kappa shape index (κ3) is 7.64.